The second-order valence-electron chi connectivity index (χ2n) is 5.16. The standard InChI is InChI=1S/C18H14FN3O2/c1-24-17-8-3-2-5-11(17)16(10-20)22-18(23)15-9-12-13(19)6-4-7-14(12)21-15/h2-9,16,21H,1H3,(H,22,23)/t16-/m1/s1. The number of nitrogens with one attached hydrogen (secondary N) is 2. The van der Waals surface area contributed by atoms with Crippen molar-refractivity contribution in [2.45, 2.75) is 6.04 Å². The minimum Gasteiger partial charge on any atom is -0.496 e. The predicted octanol–water partition coefficient (Wildman–Crippen LogP) is 3.31. The second-order valence-corrected chi connectivity index (χ2v) is 5.16. The fourth-order valence-electron chi connectivity index (χ4n) is 2.53. The molecule has 0 fully saturated rings. The van der Waals surface area contributed by atoms with Gasteiger partial charge in [0.05, 0.1) is 13.2 Å². The summed E-state index contributed by atoms with van der Waals surface area (Å²) in [6.45, 7) is 0. The third-order valence-corrected chi connectivity index (χ3v) is 3.71. The Balaban J connectivity index is 1.89. The van der Waals surface area contributed by atoms with E-state index < -0.39 is 17.8 Å². The van der Waals surface area contributed by atoms with E-state index in [4.69, 9.17) is 4.74 Å². The molecule has 5 nitrogen and oxygen atoms in total. The van der Waals surface area contributed by atoms with Gasteiger partial charge >= 0.3 is 0 Å². The molecular weight excluding hydrogens is 309 g/mol. The minimum atomic E-state index is -0.884. The molecule has 1 heterocycles. The van der Waals surface area contributed by atoms with Crippen LogP contribution in [0.3, 0.4) is 0 Å². The first-order valence-electron chi connectivity index (χ1n) is 7.24. The lowest BCUT2D eigenvalue weighted by Gasteiger charge is -2.14. The van der Waals surface area contributed by atoms with Crippen LogP contribution < -0.4 is 10.1 Å². The zero-order valence-electron chi connectivity index (χ0n) is 12.8. The Labute approximate surface area is 137 Å². The molecule has 0 aliphatic rings. The largest absolute Gasteiger partial charge is 0.496 e. The topological polar surface area (TPSA) is 77.9 Å². The van der Waals surface area contributed by atoms with Gasteiger partial charge in [-0.3, -0.25) is 4.79 Å². The van der Waals surface area contributed by atoms with Gasteiger partial charge in [0, 0.05) is 16.5 Å². The van der Waals surface area contributed by atoms with Crippen LogP contribution in [0, 0.1) is 17.1 Å². The Bertz CT molecular complexity index is 943. The van der Waals surface area contributed by atoms with E-state index in [-0.39, 0.29) is 5.69 Å². The maximum Gasteiger partial charge on any atom is 0.269 e. The normalized spacial score (nSPS) is 11.7. The summed E-state index contributed by atoms with van der Waals surface area (Å²) in [6.07, 6.45) is 0. The van der Waals surface area contributed by atoms with Gasteiger partial charge in [0.1, 0.15) is 23.3 Å². The number of hydrogen-bond donors (Lipinski definition) is 2. The van der Waals surface area contributed by atoms with Gasteiger partial charge < -0.3 is 15.0 Å². The Hall–Kier alpha value is -3.33. The van der Waals surface area contributed by atoms with E-state index in [1.165, 1.54) is 19.2 Å². The van der Waals surface area contributed by atoms with Gasteiger partial charge in [0.15, 0.2) is 0 Å². The molecule has 3 aromatic rings. The van der Waals surface area contributed by atoms with Crippen LogP contribution in [-0.4, -0.2) is 18.0 Å². The van der Waals surface area contributed by atoms with Crippen molar-refractivity contribution in [2.75, 3.05) is 7.11 Å². The number of rotatable bonds is 4. The van der Waals surface area contributed by atoms with Crippen LogP contribution >= 0.6 is 0 Å². The molecule has 0 unspecified atom stereocenters. The van der Waals surface area contributed by atoms with E-state index in [1.54, 1.807) is 36.4 Å². The van der Waals surface area contributed by atoms with Gasteiger partial charge in [-0.1, -0.05) is 24.3 Å². The number of fused-ring (bicyclic) bond motifs is 1. The maximum atomic E-state index is 13.7. The van der Waals surface area contributed by atoms with E-state index in [9.17, 15) is 14.4 Å². The number of nitriles is 1. The van der Waals surface area contributed by atoms with Crippen molar-refractivity contribution in [3.63, 3.8) is 0 Å². The molecule has 2 N–H and O–H groups in total. The number of para-hydroxylation sites is 1. The Morgan fingerprint density at radius 3 is 2.79 bits per heavy atom. The average Bonchev–Trinajstić information content (AvgIpc) is 3.05. The molecule has 6 heteroatoms. The molecule has 0 saturated carbocycles. The molecule has 24 heavy (non-hydrogen) atoms. The number of H-pyrrole nitrogens is 1. The number of methoxy groups -OCH3 is 1. The van der Waals surface area contributed by atoms with Crippen molar-refractivity contribution in [1.29, 1.82) is 5.26 Å². The monoisotopic (exact) mass is 323 g/mol. The van der Waals surface area contributed by atoms with Crippen molar-refractivity contribution in [3.05, 3.63) is 65.6 Å². The van der Waals surface area contributed by atoms with Gasteiger partial charge in [0.2, 0.25) is 0 Å². The summed E-state index contributed by atoms with van der Waals surface area (Å²) in [7, 11) is 1.50. The Morgan fingerprint density at radius 2 is 2.08 bits per heavy atom. The zero-order valence-corrected chi connectivity index (χ0v) is 12.8. The van der Waals surface area contributed by atoms with E-state index in [0.717, 1.165) is 0 Å². The lowest BCUT2D eigenvalue weighted by Crippen LogP contribution is -2.28. The van der Waals surface area contributed by atoms with Gasteiger partial charge in [-0.2, -0.15) is 5.26 Å². The third kappa shape index (κ3) is 2.79. The first-order chi connectivity index (χ1) is 11.6. The molecule has 0 spiro atoms. The molecule has 3 rings (SSSR count). The van der Waals surface area contributed by atoms with Crippen LogP contribution in [0.1, 0.15) is 22.1 Å². The number of amides is 1. The van der Waals surface area contributed by atoms with Crippen molar-refractivity contribution in [1.82, 2.24) is 10.3 Å². The Morgan fingerprint density at radius 1 is 1.29 bits per heavy atom. The van der Waals surface area contributed by atoms with E-state index >= 15 is 0 Å². The maximum absolute atomic E-state index is 13.7. The highest BCUT2D eigenvalue weighted by Gasteiger charge is 2.20. The summed E-state index contributed by atoms with van der Waals surface area (Å²) in [5.74, 6) is -0.403. The zero-order chi connectivity index (χ0) is 17.1. The summed E-state index contributed by atoms with van der Waals surface area (Å²) in [6, 6.07) is 14.1. The SMILES string of the molecule is COc1ccccc1[C@@H](C#N)NC(=O)c1cc2c(F)cccc2[nH]1. The van der Waals surface area contributed by atoms with Gasteiger partial charge in [-0.05, 0) is 24.3 Å². The fourth-order valence-corrected chi connectivity index (χ4v) is 2.53. The average molecular weight is 323 g/mol. The smallest absolute Gasteiger partial charge is 0.269 e. The highest BCUT2D eigenvalue weighted by molar-refractivity contribution is 5.98. The molecule has 0 saturated heterocycles. The van der Waals surface area contributed by atoms with Crippen LogP contribution in [0.4, 0.5) is 4.39 Å². The molecular formula is C18H14FN3O2. The number of halogens is 1. The predicted molar refractivity (Wildman–Crippen MR) is 87.1 cm³/mol. The van der Waals surface area contributed by atoms with Crippen LogP contribution in [-0.2, 0) is 0 Å². The van der Waals surface area contributed by atoms with Crippen LogP contribution in [0.25, 0.3) is 10.9 Å². The molecule has 1 aromatic heterocycles. The highest BCUT2D eigenvalue weighted by atomic mass is 19.1. The third-order valence-electron chi connectivity index (χ3n) is 3.71. The molecule has 0 radical (unpaired) electrons. The Kier molecular flexibility index (Phi) is 4.17. The molecule has 1 atom stereocenters. The second kappa shape index (κ2) is 6.42. The van der Waals surface area contributed by atoms with Crippen molar-refractivity contribution in [2.24, 2.45) is 0 Å². The van der Waals surface area contributed by atoms with Gasteiger partial charge in [-0.15, -0.1) is 0 Å². The number of hydrogen-bond acceptors (Lipinski definition) is 3. The molecule has 0 aliphatic heterocycles. The van der Waals surface area contributed by atoms with Crippen LogP contribution in [0.5, 0.6) is 5.75 Å². The minimum absolute atomic E-state index is 0.185. The number of ether oxygens (including phenoxy) is 1. The molecule has 120 valence electrons. The van der Waals surface area contributed by atoms with E-state index in [2.05, 4.69) is 10.3 Å². The summed E-state index contributed by atoms with van der Waals surface area (Å²) in [5.41, 5.74) is 1.26. The lowest BCUT2D eigenvalue weighted by molar-refractivity contribution is 0.0940. The summed E-state index contributed by atoms with van der Waals surface area (Å²) < 4.78 is 19.0. The quantitative estimate of drug-likeness (QED) is 0.773. The summed E-state index contributed by atoms with van der Waals surface area (Å²) in [4.78, 5) is 15.3. The highest BCUT2D eigenvalue weighted by Crippen LogP contribution is 2.25. The summed E-state index contributed by atoms with van der Waals surface area (Å²) in [5, 5.41) is 12.3. The van der Waals surface area contributed by atoms with Crippen molar-refractivity contribution in [3.8, 4) is 11.8 Å². The lowest BCUT2D eigenvalue weighted by atomic mass is 10.1. The van der Waals surface area contributed by atoms with Crippen LogP contribution in [0.2, 0.25) is 0 Å². The molecule has 0 aliphatic carbocycles. The first-order valence-corrected chi connectivity index (χ1v) is 7.24. The first kappa shape index (κ1) is 15.6. The number of nitrogens with zero attached hydrogens (tertiary/aromatic N) is 1. The number of benzene rings is 2. The van der Waals surface area contributed by atoms with Gasteiger partial charge in [0.25, 0.3) is 5.91 Å². The number of carbonyl (C=O) groups excluding carboxylic acids is 1. The van der Waals surface area contributed by atoms with Crippen molar-refractivity contribution >= 4 is 16.8 Å². The molecule has 1 amide bonds. The van der Waals surface area contributed by atoms with Gasteiger partial charge in [-0.25, -0.2) is 4.39 Å². The van der Waals surface area contributed by atoms with Crippen LogP contribution in [0.15, 0.2) is 48.5 Å². The molecule has 0 bridgehead atoms. The summed E-state index contributed by atoms with van der Waals surface area (Å²) >= 11 is 0. The molecule has 2 aromatic carbocycles. The van der Waals surface area contributed by atoms with E-state index in [0.29, 0.717) is 22.2 Å². The number of aromatic amines is 1. The van der Waals surface area contributed by atoms with E-state index in [1.807, 2.05) is 6.07 Å². The number of aromatic nitrogens is 1. The fraction of sp³-hybridized carbons (Fsp3) is 0.111. The number of carbonyl (C=O) groups is 1. The van der Waals surface area contributed by atoms with Crippen molar-refractivity contribution < 1.29 is 13.9 Å².